The van der Waals surface area contributed by atoms with Crippen molar-refractivity contribution in [1.82, 2.24) is 24.6 Å². The molecule has 0 aliphatic heterocycles. The Bertz CT molecular complexity index is 1200. The summed E-state index contributed by atoms with van der Waals surface area (Å²) in [7, 11) is 0. The first kappa shape index (κ1) is 26.8. The van der Waals surface area contributed by atoms with Gasteiger partial charge in [-0.2, -0.15) is 4.37 Å². The lowest BCUT2D eigenvalue weighted by molar-refractivity contribution is 0.0468. The zero-order chi connectivity index (χ0) is 25.6. The van der Waals surface area contributed by atoms with Crippen molar-refractivity contribution in [2.24, 2.45) is 0 Å². The zero-order valence-electron chi connectivity index (χ0n) is 21.6. The number of amides is 1. The van der Waals surface area contributed by atoms with Gasteiger partial charge in [-0.05, 0) is 84.6 Å². The maximum absolute atomic E-state index is 13.3. The van der Waals surface area contributed by atoms with Gasteiger partial charge in [-0.3, -0.25) is 9.36 Å². The maximum Gasteiger partial charge on any atom is 0.408 e. The van der Waals surface area contributed by atoms with Crippen molar-refractivity contribution in [3.05, 3.63) is 57.8 Å². The number of hydrogen-bond acceptors (Lipinski definition) is 7. The lowest BCUT2D eigenvalue weighted by Crippen LogP contribution is -2.47. The molecule has 2 heterocycles. The van der Waals surface area contributed by atoms with E-state index < -0.39 is 11.7 Å². The van der Waals surface area contributed by atoms with Gasteiger partial charge in [0.05, 0.1) is 17.6 Å². The molecule has 3 rings (SSSR count). The molecule has 0 fully saturated rings. The minimum Gasteiger partial charge on any atom is -0.444 e. The van der Waals surface area contributed by atoms with Gasteiger partial charge in [0.2, 0.25) is 0 Å². The van der Waals surface area contributed by atoms with Gasteiger partial charge in [-0.15, -0.1) is 0 Å². The van der Waals surface area contributed by atoms with Crippen LogP contribution in [0.25, 0.3) is 10.2 Å². The molecule has 0 radical (unpaired) electrons. The number of nitrogens with zero attached hydrogens (tertiary/aromatic N) is 3. The van der Waals surface area contributed by atoms with Crippen molar-refractivity contribution in [3.8, 4) is 0 Å². The van der Waals surface area contributed by atoms with Crippen LogP contribution in [0.2, 0.25) is 0 Å². The average molecular weight is 500 g/mol. The first-order valence-electron chi connectivity index (χ1n) is 12.1. The highest BCUT2D eigenvalue weighted by Gasteiger charge is 2.24. The molecule has 0 aliphatic carbocycles. The topological polar surface area (TPSA) is 98.1 Å². The van der Waals surface area contributed by atoms with Crippen molar-refractivity contribution in [2.75, 3.05) is 13.1 Å². The second kappa shape index (κ2) is 11.3. The summed E-state index contributed by atoms with van der Waals surface area (Å²) in [6.45, 7) is 13.4. The molecule has 0 bridgehead atoms. The summed E-state index contributed by atoms with van der Waals surface area (Å²) in [5, 5.41) is 6.99. The van der Waals surface area contributed by atoms with Gasteiger partial charge >= 0.3 is 6.09 Å². The molecule has 0 unspecified atom stereocenters. The maximum atomic E-state index is 13.3. The molecule has 1 aromatic carbocycles. The van der Waals surface area contributed by atoms with Crippen LogP contribution in [0.15, 0.2) is 35.1 Å². The van der Waals surface area contributed by atoms with E-state index in [1.165, 1.54) is 11.5 Å². The number of aromatic nitrogens is 3. The lowest BCUT2D eigenvalue weighted by Gasteiger charge is -2.28. The summed E-state index contributed by atoms with van der Waals surface area (Å²) in [4.78, 5) is 30.8. The van der Waals surface area contributed by atoms with Crippen LogP contribution in [0, 0.1) is 6.92 Å². The molecule has 0 saturated heterocycles. The molecule has 0 aliphatic rings. The van der Waals surface area contributed by atoms with Crippen LogP contribution >= 0.6 is 11.5 Å². The third kappa shape index (κ3) is 7.86. The van der Waals surface area contributed by atoms with Crippen LogP contribution in [0.1, 0.15) is 64.5 Å². The van der Waals surface area contributed by atoms with Crippen molar-refractivity contribution < 1.29 is 9.53 Å². The summed E-state index contributed by atoms with van der Waals surface area (Å²) in [6.07, 6.45) is 1.88. The summed E-state index contributed by atoms with van der Waals surface area (Å²) in [6, 6.07) is 9.97. The van der Waals surface area contributed by atoms with Gasteiger partial charge in [0.1, 0.15) is 11.4 Å². The van der Waals surface area contributed by atoms with Gasteiger partial charge in [-0.1, -0.05) is 30.3 Å². The van der Waals surface area contributed by atoms with Crippen molar-refractivity contribution in [1.29, 1.82) is 0 Å². The smallest absolute Gasteiger partial charge is 0.408 e. The highest BCUT2D eigenvalue weighted by Crippen LogP contribution is 2.18. The Balaban J connectivity index is 1.57. The highest BCUT2D eigenvalue weighted by atomic mass is 32.1. The number of alkyl carbamates (subject to hydrolysis) is 1. The lowest BCUT2D eigenvalue weighted by atomic mass is 10.0. The summed E-state index contributed by atoms with van der Waals surface area (Å²) >= 11 is 1.28. The highest BCUT2D eigenvalue weighted by molar-refractivity contribution is 7.12. The molecule has 2 N–H and O–H groups in total. The predicted octanol–water partition coefficient (Wildman–Crippen LogP) is 4.43. The van der Waals surface area contributed by atoms with Gasteiger partial charge in [0, 0.05) is 12.0 Å². The van der Waals surface area contributed by atoms with Gasteiger partial charge < -0.3 is 15.4 Å². The van der Waals surface area contributed by atoms with E-state index in [2.05, 4.69) is 15.0 Å². The fourth-order valence-electron chi connectivity index (χ4n) is 3.77. The number of benzene rings is 1. The molecular weight excluding hydrogens is 462 g/mol. The zero-order valence-corrected chi connectivity index (χ0v) is 22.4. The molecule has 190 valence electrons. The number of ether oxygens (including phenoxy) is 1. The number of fused-ring (bicyclic) bond motifs is 1. The number of rotatable bonds is 10. The molecule has 3 aromatic rings. The fourth-order valence-corrected chi connectivity index (χ4v) is 4.56. The summed E-state index contributed by atoms with van der Waals surface area (Å²) in [5.74, 6) is 0.781. The van der Waals surface area contributed by atoms with Crippen LogP contribution in [0.5, 0.6) is 0 Å². The Morgan fingerprint density at radius 2 is 1.83 bits per heavy atom. The third-order valence-electron chi connectivity index (χ3n) is 5.55. The van der Waals surface area contributed by atoms with Crippen molar-refractivity contribution >= 4 is 27.8 Å². The fraction of sp³-hybridized carbons (Fsp3) is 0.538. The SMILES string of the molecule is Cc1nsc2nc(CCCNCCC(C)(C)NC(=O)OC(C)(C)C)n(Cc3ccccc3)c(=O)c12. The molecule has 2 aromatic heterocycles. The van der Waals surface area contributed by atoms with E-state index in [9.17, 15) is 9.59 Å². The Morgan fingerprint density at radius 1 is 1.11 bits per heavy atom. The van der Waals surface area contributed by atoms with E-state index in [4.69, 9.17) is 9.72 Å². The molecule has 0 saturated carbocycles. The number of carbonyl (C=O) groups excluding carboxylic acids is 1. The quantitative estimate of drug-likeness (QED) is 0.401. The van der Waals surface area contributed by atoms with Gasteiger partial charge in [0.15, 0.2) is 4.83 Å². The summed E-state index contributed by atoms with van der Waals surface area (Å²) < 4.78 is 11.5. The Labute approximate surface area is 211 Å². The largest absolute Gasteiger partial charge is 0.444 e. The van der Waals surface area contributed by atoms with Crippen LogP contribution in [-0.4, -0.2) is 44.2 Å². The van der Waals surface area contributed by atoms with E-state index in [1.807, 2.05) is 71.9 Å². The minimum atomic E-state index is -0.519. The number of carbonyl (C=O) groups is 1. The minimum absolute atomic E-state index is 0.0250. The normalized spacial score (nSPS) is 12.2. The Kier molecular flexibility index (Phi) is 8.66. The second-order valence-corrected chi connectivity index (χ2v) is 11.2. The third-order valence-corrected chi connectivity index (χ3v) is 6.38. The first-order valence-corrected chi connectivity index (χ1v) is 12.8. The molecule has 0 atom stereocenters. The monoisotopic (exact) mass is 499 g/mol. The van der Waals surface area contributed by atoms with Crippen molar-refractivity contribution in [2.45, 2.75) is 78.5 Å². The average Bonchev–Trinajstić information content (AvgIpc) is 3.12. The molecule has 35 heavy (non-hydrogen) atoms. The molecule has 8 nitrogen and oxygen atoms in total. The first-order chi connectivity index (χ1) is 16.5. The van der Waals surface area contributed by atoms with E-state index in [1.54, 1.807) is 4.57 Å². The molecule has 0 spiro atoms. The van der Waals surface area contributed by atoms with Gasteiger partial charge in [0.25, 0.3) is 5.56 Å². The molecule has 9 heteroatoms. The van der Waals surface area contributed by atoms with E-state index in [0.29, 0.717) is 23.2 Å². The van der Waals surface area contributed by atoms with Gasteiger partial charge in [-0.25, -0.2) is 9.78 Å². The number of hydrogen-bond donors (Lipinski definition) is 2. The van der Waals surface area contributed by atoms with E-state index in [0.717, 1.165) is 43.0 Å². The predicted molar refractivity (Wildman–Crippen MR) is 141 cm³/mol. The number of aryl methyl sites for hydroxylation is 2. The molecular formula is C26H37N5O3S. The Morgan fingerprint density at radius 3 is 2.51 bits per heavy atom. The van der Waals surface area contributed by atoms with E-state index in [-0.39, 0.29) is 11.1 Å². The number of nitrogens with one attached hydrogen (secondary N) is 2. The Hall–Kier alpha value is -2.78. The van der Waals surface area contributed by atoms with E-state index >= 15 is 0 Å². The standard InChI is InChI=1S/C26H37N5O3S/c1-18-21-22(35-30-18)28-20(31(23(21)32)17-19-11-8-7-9-12-19)13-10-15-27-16-14-26(5,6)29-24(33)34-25(2,3)4/h7-9,11-12,27H,10,13-17H2,1-6H3,(H,29,33). The van der Waals surface area contributed by atoms with Crippen LogP contribution < -0.4 is 16.2 Å². The molecule has 1 amide bonds. The second-order valence-electron chi connectivity index (χ2n) is 10.5. The summed E-state index contributed by atoms with van der Waals surface area (Å²) in [5.41, 5.74) is 0.871. The van der Waals surface area contributed by atoms with Crippen LogP contribution in [-0.2, 0) is 17.7 Å². The van der Waals surface area contributed by atoms with Crippen molar-refractivity contribution in [3.63, 3.8) is 0 Å². The van der Waals surface area contributed by atoms with Crippen LogP contribution in [0.3, 0.4) is 0 Å². The van der Waals surface area contributed by atoms with Crippen LogP contribution in [0.4, 0.5) is 4.79 Å².